The number of amides is 1. The summed E-state index contributed by atoms with van der Waals surface area (Å²) < 4.78 is 0.125. The van der Waals surface area contributed by atoms with E-state index in [9.17, 15) is 4.79 Å². The van der Waals surface area contributed by atoms with E-state index in [1.54, 1.807) is 4.90 Å². The molecule has 0 saturated carbocycles. The Balaban J connectivity index is 2.13. The number of rotatable bonds is 2. The Bertz CT molecular complexity index is 302. The SMILES string of the molecule is CC(C)C(=O)N1CC2(CC1N=N)SCCS2. The second-order valence-corrected chi connectivity index (χ2v) is 7.76. The first kappa shape index (κ1) is 12.2. The minimum Gasteiger partial charge on any atom is -0.316 e. The average molecular weight is 259 g/mol. The Morgan fingerprint density at radius 1 is 1.50 bits per heavy atom. The van der Waals surface area contributed by atoms with Crippen LogP contribution in [-0.2, 0) is 4.79 Å². The van der Waals surface area contributed by atoms with Crippen LogP contribution >= 0.6 is 23.5 Å². The molecular formula is C10H17N3OS2. The highest BCUT2D eigenvalue weighted by Crippen LogP contribution is 2.52. The lowest BCUT2D eigenvalue weighted by Crippen LogP contribution is -2.38. The van der Waals surface area contributed by atoms with Crippen molar-refractivity contribution in [1.82, 2.24) is 4.90 Å². The molecule has 0 aromatic heterocycles. The molecule has 16 heavy (non-hydrogen) atoms. The van der Waals surface area contributed by atoms with E-state index in [1.165, 1.54) is 0 Å². The van der Waals surface area contributed by atoms with Gasteiger partial charge >= 0.3 is 0 Å². The highest BCUT2D eigenvalue weighted by Gasteiger charge is 2.49. The Labute approximate surface area is 104 Å². The monoisotopic (exact) mass is 259 g/mol. The zero-order chi connectivity index (χ0) is 11.8. The molecule has 0 aliphatic carbocycles. The van der Waals surface area contributed by atoms with Crippen LogP contribution in [0.5, 0.6) is 0 Å². The maximum absolute atomic E-state index is 12.0. The number of thioether (sulfide) groups is 2. The molecule has 0 aromatic carbocycles. The fourth-order valence-electron chi connectivity index (χ4n) is 2.20. The summed E-state index contributed by atoms with van der Waals surface area (Å²) in [7, 11) is 0. The standard InChI is InChI=1S/C10H17N3OS2/c1-7(2)9(14)13-6-10(5-8(13)12-11)15-3-4-16-10/h7-8,11H,3-6H2,1-2H3. The maximum Gasteiger partial charge on any atom is 0.226 e. The molecule has 1 atom stereocenters. The second kappa shape index (κ2) is 4.56. The lowest BCUT2D eigenvalue weighted by atomic mass is 10.2. The summed E-state index contributed by atoms with van der Waals surface area (Å²) in [6.07, 6.45) is 0.609. The lowest BCUT2D eigenvalue weighted by Gasteiger charge is -2.23. The summed E-state index contributed by atoms with van der Waals surface area (Å²) in [4.78, 5) is 13.8. The summed E-state index contributed by atoms with van der Waals surface area (Å²) >= 11 is 3.86. The lowest BCUT2D eigenvalue weighted by molar-refractivity contribution is -0.135. The van der Waals surface area contributed by atoms with E-state index < -0.39 is 0 Å². The van der Waals surface area contributed by atoms with Crippen LogP contribution < -0.4 is 0 Å². The predicted molar refractivity (Wildman–Crippen MR) is 67.8 cm³/mol. The van der Waals surface area contributed by atoms with Gasteiger partial charge in [0, 0.05) is 30.4 Å². The second-order valence-electron chi connectivity index (χ2n) is 4.54. The smallest absolute Gasteiger partial charge is 0.226 e. The number of hydrogen-bond donors (Lipinski definition) is 1. The highest BCUT2D eigenvalue weighted by molar-refractivity contribution is 8.21. The molecule has 1 spiro atoms. The van der Waals surface area contributed by atoms with Gasteiger partial charge in [0.15, 0.2) is 0 Å². The molecule has 2 saturated heterocycles. The summed E-state index contributed by atoms with van der Waals surface area (Å²) in [5, 5.41) is 3.62. The van der Waals surface area contributed by atoms with Crippen LogP contribution in [0.4, 0.5) is 0 Å². The van der Waals surface area contributed by atoms with Crippen molar-refractivity contribution in [2.75, 3.05) is 18.1 Å². The van der Waals surface area contributed by atoms with Crippen LogP contribution in [0.25, 0.3) is 0 Å². The Morgan fingerprint density at radius 3 is 2.62 bits per heavy atom. The van der Waals surface area contributed by atoms with E-state index in [0.717, 1.165) is 24.5 Å². The molecule has 2 fully saturated rings. The number of nitrogens with zero attached hydrogens (tertiary/aromatic N) is 2. The first-order valence-electron chi connectivity index (χ1n) is 5.53. The Morgan fingerprint density at radius 2 is 2.12 bits per heavy atom. The molecule has 1 unspecified atom stereocenters. The van der Waals surface area contributed by atoms with Gasteiger partial charge in [0.1, 0.15) is 6.17 Å². The number of likely N-dealkylation sites (tertiary alicyclic amines) is 1. The number of hydrogen-bond acceptors (Lipinski definition) is 5. The average Bonchev–Trinajstić information content (AvgIpc) is 2.85. The van der Waals surface area contributed by atoms with Gasteiger partial charge in [-0.25, -0.2) is 5.53 Å². The van der Waals surface area contributed by atoms with Gasteiger partial charge in [-0.05, 0) is 0 Å². The Kier molecular flexibility index (Phi) is 3.49. The van der Waals surface area contributed by atoms with Gasteiger partial charge in [0.05, 0.1) is 4.08 Å². The summed E-state index contributed by atoms with van der Waals surface area (Å²) in [5.41, 5.74) is 7.22. The zero-order valence-corrected chi connectivity index (χ0v) is 11.2. The van der Waals surface area contributed by atoms with Gasteiger partial charge in [-0.15, -0.1) is 23.5 Å². The van der Waals surface area contributed by atoms with Gasteiger partial charge in [0.25, 0.3) is 0 Å². The van der Waals surface area contributed by atoms with Crippen molar-refractivity contribution in [1.29, 1.82) is 5.53 Å². The van der Waals surface area contributed by atoms with Gasteiger partial charge in [-0.3, -0.25) is 4.79 Å². The first-order valence-corrected chi connectivity index (χ1v) is 7.50. The van der Waals surface area contributed by atoms with Gasteiger partial charge in [0.2, 0.25) is 5.91 Å². The molecule has 2 aliphatic heterocycles. The van der Waals surface area contributed by atoms with Gasteiger partial charge in [-0.2, -0.15) is 5.11 Å². The molecular weight excluding hydrogens is 242 g/mol. The van der Waals surface area contributed by atoms with E-state index in [-0.39, 0.29) is 22.1 Å². The first-order chi connectivity index (χ1) is 7.58. The van der Waals surface area contributed by atoms with Crippen molar-refractivity contribution in [3.05, 3.63) is 0 Å². The highest BCUT2D eigenvalue weighted by atomic mass is 32.2. The number of nitrogens with one attached hydrogen (secondary N) is 1. The summed E-state index contributed by atoms with van der Waals surface area (Å²) in [5.74, 6) is 2.43. The maximum atomic E-state index is 12.0. The van der Waals surface area contributed by atoms with Crippen LogP contribution in [0.15, 0.2) is 5.11 Å². The molecule has 1 amide bonds. The van der Waals surface area contributed by atoms with Crippen LogP contribution in [0.2, 0.25) is 0 Å². The molecule has 0 aromatic rings. The molecule has 0 radical (unpaired) electrons. The van der Waals surface area contributed by atoms with E-state index in [1.807, 2.05) is 37.4 Å². The molecule has 4 nitrogen and oxygen atoms in total. The van der Waals surface area contributed by atoms with Crippen molar-refractivity contribution >= 4 is 29.4 Å². The van der Waals surface area contributed by atoms with Crippen molar-refractivity contribution < 1.29 is 4.79 Å². The normalized spacial score (nSPS) is 27.9. The number of carbonyl (C=O) groups excluding carboxylic acids is 1. The minimum atomic E-state index is -0.229. The zero-order valence-electron chi connectivity index (χ0n) is 9.60. The minimum absolute atomic E-state index is 0.00389. The molecule has 1 N–H and O–H groups in total. The number of carbonyl (C=O) groups is 1. The van der Waals surface area contributed by atoms with Crippen LogP contribution in [0.3, 0.4) is 0 Å². The third-order valence-electron chi connectivity index (χ3n) is 3.00. The third-order valence-corrected chi connectivity index (χ3v) is 6.43. The summed E-state index contributed by atoms with van der Waals surface area (Å²) in [6.45, 7) is 4.57. The quantitative estimate of drug-likeness (QED) is 0.775. The van der Waals surface area contributed by atoms with Crippen molar-refractivity contribution in [2.24, 2.45) is 11.0 Å². The van der Waals surface area contributed by atoms with Crippen LogP contribution in [-0.4, -0.2) is 39.1 Å². The molecule has 0 bridgehead atoms. The molecule has 2 aliphatic rings. The molecule has 2 heterocycles. The van der Waals surface area contributed by atoms with E-state index in [2.05, 4.69) is 5.11 Å². The van der Waals surface area contributed by atoms with Crippen molar-refractivity contribution in [3.63, 3.8) is 0 Å². The van der Waals surface area contributed by atoms with E-state index in [0.29, 0.717) is 0 Å². The van der Waals surface area contributed by atoms with Gasteiger partial charge < -0.3 is 4.90 Å². The topological polar surface area (TPSA) is 56.5 Å². The van der Waals surface area contributed by atoms with Crippen molar-refractivity contribution in [3.8, 4) is 0 Å². The molecule has 6 heteroatoms. The van der Waals surface area contributed by atoms with Crippen LogP contribution in [0.1, 0.15) is 20.3 Å². The predicted octanol–water partition coefficient (Wildman–Crippen LogP) is 2.41. The Hall–Kier alpha value is -0.230. The molecule has 90 valence electrons. The largest absolute Gasteiger partial charge is 0.316 e. The molecule has 2 rings (SSSR count). The van der Waals surface area contributed by atoms with Crippen molar-refractivity contribution in [2.45, 2.75) is 30.5 Å². The van der Waals surface area contributed by atoms with Gasteiger partial charge in [-0.1, -0.05) is 13.8 Å². The summed E-state index contributed by atoms with van der Waals surface area (Å²) in [6, 6.07) is 0. The van der Waals surface area contributed by atoms with Crippen LogP contribution in [0, 0.1) is 11.4 Å². The third kappa shape index (κ3) is 2.09. The van der Waals surface area contributed by atoms with E-state index >= 15 is 0 Å². The van der Waals surface area contributed by atoms with E-state index in [4.69, 9.17) is 5.53 Å². The fraction of sp³-hybridized carbons (Fsp3) is 0.900. The fourth-order valence-corrected chi connectivity index (χ4v) is 5.43.